The van der Waals surface area contributed by atoms with Crippen LogP contribution in [0.2, 0.25) is 0 Å². The number of primary amides is 1. The summed E-state index contributed by atoms with van der Waals surface area (Å²) < 4.78 is 60.8. The first-order chi connectivity index (χ1) is 50.5. The second-order valence-corrected chi connectivity index (χ2v) is 23.1. The van der Waals surface area contributed by atoms with E-state index in [0.717, 1.165) is 136 Å². The SMILES string of the molecule is NC(=O)c1cnc(N[C@@H]2CCCC[C@@H]2N)nc1Nc1ccc(-n2cccn2)c(N2CCOCC2)c1.Nc1ccc(-n2cccn2)c(N2CCOCC2)c1.O=[N+]([O-])c1ccc(-n2cccn2)c(F)c1.O=[N+]([O-])c1ccc(-n2cccn2)c(N2CCOCC2)c1.O=[N+]([O-])c1ccc(F)c(F)c1.c1cn[nH]c1. The maximum Gasteiger partial charge on any atom is 0.272 e. The maximum atomic E-state index is 13.4. The summed E-state index contributed by atoms with van der Waals surface area (Å²) in [5, 5.41) is 60.9. The molecule has 1 saturated carbocycles. The molecule has 0 spiro atoms. The van der Waals surface area contributed by atoms with Crippen LogP contribution >= 0.6 is 0 Å². The first-order valence-electron chi connectivity index (χ1n) is 32.7. The van der Waals surface area contributed by atoms with Crippen molar-refractivity contribution in [1.29, 1.82) is 0 Å². The van der Waals surface area contributed by atoms with E-state index >= 15 is 0 Å². The highest BCUT2D eigenvalue weighted by Gasteiger charge is 2.26. The summed E-state index contributed by atoms with van der Waals surface area (Å²) >= 11 is 0. The Bertz CT molecular complexity index is 4530. The number of aromatic nitrogens is 12. The number of nitro benzene ring substituents is 3. The Morgan fingerprint density at radius 2 is 0.981 bits per heavy atom. The van der Waals surface area contributed by atoms with Crippen LogP contribution in [0.15, 0.2) is 189 Å². The largest absolute Gasteiger partial charge is 0.399 e. The van der Waals surface area contributed by atoms with Gasteiger partial charge in [-0.2, -0.15) is 30.5 Å². The van der Waals surface area contributed by atoms with Crippen LogP contribution in [-0.2, 0) is 14.2 Å². The van der Waals surface area contributed by atoms with Gasteiger partial charge in [-0.1, -0.05) is 12.8 Å². The zero-order chi connectivity index (χ0) is 73.3. The highest BCUT2D eigenvalue weighted by Crippen LogP contribution is 2.33. The maximum absolute atomic E-state index is 13.4. The van der Waals surface area contributed by atoms with Crippen molar-refractivity contribution >= 4 is 63.2 Å². The fraction of sp³-hybridized carbons (Fsp3) is 0.265. The number of nitrogens with one attached hydrogen (secondary N) is 3. The molecule has 15 rings (SSSR count). The Balaban J connectivity index is 0.000000145. The number of amides is 1. The fourth-order valence-electron chi connectivity index (χ4n) is 11.1. The van der Waals surface area contributed by atoms with Gasteiger partial charge in [0.05, 0.1) is 101 Å². The lowest BCUT2D eigenvalue weighted by molar-refractivity contribution is -0.385. The van der Waals surface area contributed by atoms with Gasteiger partial charge < -0.3 is 56.7 Å². The van der Waals surface area contributed by atoms with Gasteiger partial charge in [-0.3, -0.25) is 40.2 Å². The van der Waals surface area contributed by atoms with E-state index < -0.39 is 38.9 Å². The summed E-state index contributed by atoms with van der Waals surface area (Å²) in [4.78, 5) is 57.2. The Morgan fingerprint density at radius 3 is 1.42 bits per heavy atom. The standard InChI is InChI=1S/C24H31N9O2.C13H14N4O3.C13H16N4O.C9H6FN3O2.C6H3F2NO2.C3H4N2/c25-18-4-1-2-5-19(18)30-24-27-15-17(22(26)34)23(31-24)29-16-6-7-20(33-9-3-8-28-33)21(14-16)32-10-12-35-13-11-32;18-17(19)11-2-3-12(16-5-1-4-14-16)13(10-11)15-6-8-20-9-7-15;14-11-2-3-12(17-5-1-4-15-17)13(10-11)16-6-8-18-9-7-16;10-8-6-7(13(14)15)2-3-9(8)12-5-1-4-11-12;7-5-2-1-4(9(10)11)3-6(5)8;1-2-4-5-3-1/h3,6-9,14-15,18-19H,1-2,4-5,10-13,25H2,(H2,26,34)(H2,27,29,30,31);1-5,10H,6-9H2;1-5,10H,6-9,14H2;1-6H;1-3H;1-3H,(H,4,5)/t18-,19+;;;;;/m0...../s1. The minimum atomic E-state index is -1.21. The number of hydrogen-bond donors (Lipinski definition) is 6. The summed E-state index contributed by atoms with van der Waals surface area (Å²) in [6.45, 7) is 8.84. The number of nitrogens with two attached hydrogens (primary N) is 3. The van der Waals surface area contributed by atoms with Gasteiger partial charge in [-0.15, -0.1) is 0 Å². The van der Waals surface area contributed by atoms with Crippen LogP contribution in [0.25, 0.3) is 22.7 Å². The van der Waals surface area contributed by atoms with Crippen molar-refractivity contribution in [3.63, 3.8) is 0 Å². The average molecular weight is 1430 g/mol. The lowest BCUT2D eigenvalue weighted by atomic mass is 9.91. The molecule has 9 N–H and O–H groups in total. The summed E-state index contributed by atoms with van der Waals surface area (Å²) in [6.07, 6.45) is 23.0. The number of carbonyl (C=O) groups excluding carboxylic acids is 1. The Kier molecular flexibility index (Phi) is 26.1. The number of anilines is 7. The van der Waals surface area contributed by atoms with Crippen LogP contribution in [0.4, 0.5) is 70.4 Å². The van der Waals surface area contributed by atoms with Crippen molar-refractivity contribution in [2.24, 2.45) is 11.5 Å². The number of H-pyrrole nitrogens is 1. The molecular weight excluding hydrogens is 1360 g/mol. The number of halogens is 3. The molecule has 3 saturated heterocycles. The lowest BCUT2D eigenvalue weighted by Gasteiger charge is -2.31. The molecule has 0 bridgehead atoms. The van der Waals surface area contributed by atoms with E-state index in [2.05, 4.69) is 65.9 Å². The molecule has 3 aliphatic heterocycles. The molecule has 4 aliphatic rings. The Morgan fingerprint density at radius 1 is 0.529 bits per heavy atom. The van der Waals surface area contributed by atoms with Crippen LogP contribution in [0, 0.1) is 47.8 Å². The van der Waals surface area contributed by atoms with E-state index in [4.69, 9.17) is 31.4 Å². The van der Waals surface area contributed by atoms with E-state index in [-0.39, 0.29) is 39.6 Å². The molecule has 11 aromatic rings. The van der Waals surface area contributed by atoms with Crippen LogP contribution in [-0.4, -0.2) is 171 Å². The highest BCUT2D eigenvalue weighted by atomic mass is 19.2. The van der Waals surface area contributed by atoms with Gasteiger partial charge in [-0.25, -0.2) is 36.9 Å². The van der Waals surface area contributed by atoms with Crippen molar-refractivity contribution < 1.29 is 46.9 Å². The van der Waals surface area contributed by atoms with Gasteiger partial charge in [0.1, 0.15) is 17.1 Å². The monoisotopic (exact) mass is 1430 g/mol. The number of nitrogen functional groups attached to an aromatic ring is 1. The van der Waals surface area contributed by atoms with Gasteiger partial charge in [0.25, 0.3) is 23.0 Å². The fourth-order valence-corrected chi connectivity index (χ4v) is 11.1. The van der Waals surface area contributed by atoms with Crippen molar-refractivity contribution in [3.8, 4) is 22.7 Å². The third kappa shape index (κ3) is 20.3. The van der Waals surface area contributed by atoms with Gasteiger partial charge in [0.15, 0.2) is 17.5 Å². The number of rotatable bonds is 15. The number of aromatic amines is 1. The van der Waals surface area contributed by atoms with Crippen molar-refractivity contribution in [3.05, 3.63) is 243 Å². The first-order valence-corrected chi connectivity index (χ1v) is 32.7. The Labute approximate surface area is 592 Å². The molecule has 2 atom stereocenters. The molecule has 104 heavy (non-hydrogen) atoms. The normalized spacial score (nSPS) is 15.4. The van der Waals surface area contributed by atoms with Crippen LogP contribution < -0.4 is 42.5 Å². The molecule has 0 unspecified atom stereocenters. The van der Waals surface area contributed by atoms with Crippen molar-refractivity contribution in [2.45, 2.75) is 37.8 Å². The minimum absolute atomic E-state index is 0.0468. The number of carbonyl (C=O) groups is 1. The molecule has 4 fully saturated rings. The average Bonchev–Trinajstić information content (AvgIpc) is 1.30. The number of benzene rings is 5. The number of non-ortho nitro benzene ring substituents is 3. The Hall–Kier alpha value is -12.7. The van der Waals surface area contributed by atoms with Gasteiger partial charge in [-0.05, 0) is 97.8 Å². The molecule has 33 nitrogen and oxygen atoms in total. The van der Waals surface area contributed by atoms with E-state index in [0.29, 0.717) is 50.3 Å². The number of nitrogens with zero attached hydrogens (tertiary/aromatic N) is 17. The summed E-state index contributed by atoms with van der Waals surface area (Å²) in [7, 11) is 0. The van der Waals surface area contributed by atoms with Crippen LogP contribution in [0.3, 0.4) is 0 Å². The van der Waals surface area contributed by atoms with Gasteiger partial charge in [0.2, 0.25) is 5.95 Å². The zero-order valence-corrected chi connectivity index (χ0v) is 55.9. The first kappa shape index (κ1) is 74.0. The van der Waals surface area contributed by atoms with Gasteiger partial charge >= 0.3 is 0 Å². The third-order valence-electron chi connectivity index (χ3n) is 16.3. The number of hydrogen-bond acceptors (Lipinski definition) is 24. The molecule has 1 amide bonds. The molecule has 542 valence electrons. The van der Waals surface area contributed by atoms with E-state index in [1.165, 1.54) is 35.3 Å². The molecule has 0 radical (unpaired) electrons. The highest BCUT2D eigenvalue weighted by molar-refractivity contribution is 5.98. The van der Waals surface area contributed by atoms with E-state index in [1.54, 1.807) is 60.1 Å². The quantitative estimate of drug-likeness (QED) is 0.0316. The number of ether oxygens (including phenoxy) is 3. The molecule has 9 heterocycles. The van der Waals surface area contributed by atoms with Crippen molar-refractivity contribution in [1.82, 2.24) is 59.3 Å². The van der Waals surface area contributed by atoms with E-state index in [9.17, 15) is 48.3 Å². The molecule has 1 aliphatic carbocycles. The smallest absolute Gasteiger partial charge is 0.272 e. The zero-order valence-electron chi connectivity index (χ0n) is 55.9. The summed E-state index contributed by atoms with van der Waals surface area (Å²) in [6, 6.07) is 31.5. The molecule has 36 heteroatoms. The van der Waals surface area contributed by atoms with Crippen LogP contribution in [0.1, 0.15) is 36.0 Å². The predicted molar refractivity (Wildman–Crippen MR) is 380 cm³/mol. The summed E-state index contributed by atoms with van der Waals surface area (Å²) in [5.41, 5.74) is 24.9. The summed E-state index contributed by atoms with van der Waals surface area (Å²) in [5.74, 6) is -2.81. The van der Waals surface area contributed by atoms with E-state index in [1.807, 2.05) is 88.6 Å². The van der Waals surface area contributed by atoms with Crippen LogP contribution in [0.5, 0.6) is 0 Å². The van der Waals surface area contributed by atoms with Crippen molar-refractivity contribution in [2.75, 3.05) is 110 Å². The minimum Gasteiger partial charge on any atom is -0.399 e. The third-order valence-corrected chi connectivity index (χ3v) is 16.3. The lowest BCUT2D eigenvalue weighted by Crippen LogP contribution is -2.43. The van der Waals surface area contributed by atoms with Gasteiger partial charge in [0, 0.05) is 155 Å². The molecule has 6 aromatic heterocycles. The molecule has 5 aromatic carbocycles. The second kappa shape index (κ2) is 36.6. The predicted octanol–water partition coefficient (Wildman–Crippen LogP) is 9.13. The number of nitro groups is 3. The number of morpholine rings is 3. The second-order valence-electron chi connectivity index (χ2n) is 23.1. The molecular formula is C68H74F3N23O10. The topological polar surface area (TPSA) is 412 Å².